The molecule has 1 aromatic carbocycles. The predicted molar refractivity (Wildman–Crippen MR) is 87.9 cm³/mol. The van der Waals surface area contributed by atoms with Gasteiger partial charge in [-0.25, -0.2) is 0 Å². The summed E-state index contributed by atoms with van der Waals surface area (Å²) in [5.41, 5.74) is 2.86. The minimum atomic E-state index is 0.179. The zero-order chi connectivity index (χ0) is 14.9. The van der Waals surface area contributed by atoms with Crippen molar-refractivity contribution in [3.8, 4) is 0 Å². The lowest BCUT2D eigenvalue weighted by molar-refractivity contribution is -0.0979. The summed E-state index contributed by atoms with van der Waals surface area (Å²) in [5.74, 6) is 0.654. The van der Waals surface area contributed by atoms with E-state index in [-0.39, 0.29) is 5.60 Å². The number of hydrogen-bond acceptors (Lipinski definition) is 2. The summed E-state index contributed by atoms with van der Waals surface area (Å²) < 4.78 is 6.19. The first kappa shape index (κ1) is 15.3. The standard InChI is InChI=1S/C18H26ClNO/c1-13-11-15(19)5-6-16(13)17(20-2)14-7-10-21-18(12-14)8-3-4-9-18/h5-6,11,14,17,20H,3-4,7-10,12H2,1-2H3. The van der Waals surface area contributed by atoms with Crippen LogP contribution in [0.5, 0.6) is 0 Å². The van der Waals surface area contributed by atoms with Crippen LogP contribution in [0.1, 0.15) is 55.7 Å². The van der Waals surface area contributed by atoms with Crippen LogP contribution in [-0.4, -0.2) is 19.3 Å². The average Bonchev–Trinajstić information content (AvgIpc) is 2.90. The molecular weight excluding hydrogens is 282 g/mol. The third-order valence-corrected chi connectivity index (χ3v) is 5.63. The Hall–Kier alpha value is -0.570. The zero-order valence-corrected chi connectivity index (χ0v) is 13.9. The van der Waals surface area contributed by atoms with Crippen LogP contribution >= 0.6 is 11.6 Å². The number of hydrogen-bond donors (Lipinski definition) is 1. The first-order valence-corrected chi connectivity index (χ1v) is 8.59. The normalized spacial score (nSPS) is 26.1. The third kappa shape index (κ3) is 3.13. The van der Waals surface area contributed by atoms with Crippen molar-refractivity contribution in [2.45, 2.75) is 57.1 Å². The maximum absolute atomic E-state index is 6.19. The van der Waals surface area contributed by atoms with Gasteiger partial charge in [0.2, 0.25) is 0 Å². The van der Waals surface area contributed by atoms with Crippen molar-refractivity contribution in [2.24, 2.45) is 5.92 Å². The van der Waals surface area contributed by atoms with Crippen LogP contribution in [0.15, 0.2) is 18.2 Å². The molecule has 1 aliphatic heterocycles. The molecule has 2 nitrogen and oxygen atoms in total. The van der Waals surface area contributed by atoms with E-state index in [1.54, 1.807) is 0 Å². The average molecular weight is 308 g/mol. The van der Waals surface area contributed by atoms with Crippen molar-refractivity contribution in [3.63, 3.8) is 0 Å². The highest BCUT2D eigenvalue weighted by Gasteiger charge is 2.42. The number of ether oxygens (including phenoxy) is 1. The highest BCUT2D eigenvalue weighted by Crippen LogP contribution is 2.45. The summed E-state index contributed by atoms with van der Waals surface area (Å²) in [6.07, 6.45) is 7.50. The van der Waals surface area contributed by atoms with E-state index >= 15 is 0 Å². The fraction of sp³-hybridized carbons (Fsp3) is 0.667. The summed E-state index contributed by atoms with van der Waals surface area (Å²) in [5, 5.41) is 4.38. The van der Waals surface area contributed by atoms with E-state index in [9.17, 15) is 0 Å². The first-order chi connectivity index (χ1) is 10.1. The second-order valence-corrected chi connectivity index (χ2v) is 7.20. The van der Waals surface area contributed by atoms with Crippen LogP contribution in [0, 0.1) is 12.8 Å². The molecule has 116 valence electrons. The number of aryl methyl sites for hydroxylation is 1. The van der Waals surface area contributed by atoms with Gasteiger partial charge in [-0.15, -0.1) is 0 Å². The Balaban J connectivity index is 1.82. The van der Waals surface area contributed by atoms with Crippen LogP contribution in [-0.2, 0) is 4.74 Å². The van der Waals surface area contributed by atoms with Crippen LogP contribution in [0.25, 0.3) is 0 Å². The van der Waals surface area contributed by atoms with Crippen LogP contribution in [0.3, 0.4) is 0 Å². The summed E-state index contributed by atoms with van der Waals surface area (Å²) in [4.78, 5) is 0. The van der Waals surface area contributed by atoms with Crippen LogP contribution in [0.4, 0.5) is 0 Å². The molecule has 3 heteroatoms. The third-order valence-electron chi connectivity index (χ3n) is 5.40. The molecule has 3 rings (SSSR count). The van der Waals surface area contributed by atoms with E-state index in [0.29, 0.717) is 12.0 Å². The monoisotopic (exact) mass is 307 g/mol. The number of nitrogens with one attached hydrogen (secondary N) is 1. The molecule has 0 bridgehead atoms. The van der Waals surface area contributed by atoms with E-state index < -0.39 is 0 Å². The quantitative estimate of drug-likeness (QED) is 0.877. The van der Waals surface area contributed by atoms with Gasteiger partial charge in [0.05, 0.1) is 5.60 Å². The molecule has 1 spiro atoms. The van der Waals surface area contributed by atoms with Gasteiger partial charge >= 0.3 is 0 Å². The number of benzene rings is 1. The fourth-order valence-corrected chi connectivity index (χ4v) is 4.58. The predicted octanol–water partition coefficient (Wildman–Crippen LogP) is 4.65. The molecule has 2 aliphatic rings. The molecule has 1 N–H and O–H groups in total. The highest BCUT2D eigenvalue weighted by molar-refractivity contribution is 6.30. The summed E-state index contributed by atoms with van der Waals surface area (Å²) in [6.45, 7) is 3.08. The zero-order valence-electron chi connectivity index (χ0n) is 13.1. The Morgan fingerprint density at radius 1 is 1.33 bits per heavy atom. The molecule has 0 amide bonds. The summed E-state index contributed by atoms with van der Waals surface area (Å²) in [7, 11) is 2.08. The molecule has 2 unspecified atom stereocenters. The van der Waals surface area contributed by atoms with Gasteiger partial charge < -0.3 is 10.1 Å². The molecule has 2 fully saturated rings. The van der Waals surface area contributed by atoms with Crippen molar-refractivity contribution >= 4 is 11.6 Å². The second kappa shape index (κ2) is 6.28. The minimum Gasteiger partial charge on any atom is -0.375 e. The first-order valence-electron chi connectivity index (χ1n) is 8.21. The van der Waals surface area contributed by atoms with E-state index in [1.807, 2.05) is 6.07 Å². The Morgan fingerprint density at radius 2 is 2.10 bits per heavy atom. The topological polar surface area (TPSA) is 21.3 Å². The van der Waals surface area contributed by atoms with Gasteiger partial charge in [0.1, 0.15) is 0 Å². The van der Waals surface area contributed by atoms with E-state index in [2.05, 4.69) is 31.4 Å². The molecule has 0 radical (unpaired) electrons. The second-order valence-electron chi connectivity index (χ2n) is 6.76. The largest absolute Gasteiger partial charge is 0.375 e. The molecule has 1 aliphatic carbocycles. The smallest absolute Gasteiger partial charge is 0.0686 e. The van der Waals surface area contributed by atoms with Crippen molar-refractivity contribution in [1.82, 2.24) is 5.32 Å². The van der Waals surface area contributed by atoms with Gasteiger partial charge in [-0.05, 0) is 68.8 Å². The summed E-state index contributed by atoms with van der Waals surface area (Å²) >= 11 is 6.11. The lowest BCUT2D eigenvalue weighted by atomic mass is 9.78. The Bertz CT molecular complexity index is 496. The Kier molecular flexibility index (Phi) is 4.58. The SMILES string of the molecule is CNC(c1ccc(Cl)cc1C)C1CCOC2(CCCC2)C1. The van der Waals surface area contributed by atoms with Gasteiger partial charge in [-0.1, -0.05) is 30.5 Å². The van der Waals surface area contributed by atoms with Crippen molar-refractivity contribution in [3.05, 3.63) is 34.3 Å². The Labute approximate surface area is 133 Å². The van der Waals surface area contributed by atoms with Gasteiger partial charge in [-0.2, -0.15) is 0 Å². The van der Waals surface area contributed by atoms with E-state index in [4.69, 9.17) is 16.3 Å². The molecule has 1 heterocycles. The molecule has 21 heavy (non-hydrogen) atoms. The van der Waals surface area contributed by atoms with Crippen molar-refractivity contribution < 1.29 is 4.74 Å². The van der Waals surface area contributed by atoms with Crippen LogP contribution < -0.4 is 5.32 Å². The minimum absolute atomic E-state index is 0.179. The molecule has 1 aromatic rings. The molecule has 1 saturated heterocycles. The summed E-state index contributed by atoms with van der Waals surface area (Å²) in [6, 6.07) is 6.68. The number of halogens is 1. The van der Waals surface area contributed by atoms with Crippen molar-refractivity contribution in [2.75, 3.05) is 13.7 Å². The highest BCUT2D eigenvalue weighted by atomic mass is 35.5. The maximum Gasteiger partial charge on any atom is 0.0686 e. The number of rotatable bonds is 3. The molecule has 2 atom stereocenters. The van der Waals surface area contributed by atoms with E-state index in [0.717, 1.165) is 18.1 Å². The van der Waals surface area contributed by atoms with Gasteiger partial charge in [0, 0.05) is 17.7 Å². The van der Waals surface area contributed by atoms with Gasteiger partial charge in [0.15, 0.2) is 0 Å². The van der Waals surface area contributed by atoms with Crippen molar-refractivity contribution in [1.29, 1.82) is 0 Å². The Morgan fingerprint density at radius 3 is 2.76 bits per heavy atom. The maximum atomic E-state index is 6.19. The van der Waals surface area contributed by atoms with Gasteiger partial charge in [-0.3, -0.25) is 0 Å². The van der Waals surface area contributed by atoms with Crippen LogP contribution in [0.2, 0.25) is 5.02 Å². The molecule has 0 aromatic heterocycles. The molecular formula is C18H26ClNO. The van der Waals surface area contributed by atoms with Gasteiger partial charge in [0.25, 0.3) is 0 Å². The lowest BCUT2D eigenvalue weighted by Crippen LogP contribution is -2.41. The van der Waals surface area contributed by atoms with E-state index in [1.165, 1.54) is 43.2 Å². The molecule has 1 saturated carbocycles. The fourth-order valence-electron chi connectivity index (χ4n) is 4.35. The lowest BCUT2D eigenvalue weighted by Gasteiger charge is -2.41.